The van der Waals surface area contributed by atoms with Crippen molar-refractivity contribution >= 4 is 40.6 Å². The maximum Gasteiger partial charge on any atom is 0.187 e. The van der Waals surface area contributed by atoms with E-state index < -0.39 is 0 Å². The van der Waals surface area contributed by atoms with Gasteiger partial charge in [0.05, 0.1) is 15.1 Å². The summed E-state index contributed by atoms with van der Waals surface area (Å²) >= 11 is 17.6. The Kier molecular flexibility index (Phi) is 4.17. The summed E-state index contributed by atoms with van der Waals surface area (Å²) < 4.78 is 0. The Bertz CT molecular complexity index is 602. The van der Waals surface area contributed by atoms with Gasteiger partial charge in [-0.15, -0.1) is 0 Å². The Balaban J connectivity index is 2.25. The van der Waals surface area contributed by atoms with Crippen molar-refractivity contribution in [3.63, 3.8) is 0 Å². The number of hydrogen-bond donors (Lipinski definition) is 0. The molecular formula is C12H7Cl3N2O. The molecule has 0 saturated carbocycles. The Morgan fingerprint density at radius 1 is 1.17 bits per heavy atom. The highest BCUT2D eigenvalue weighted by atomic mass is 35.5. The van der Waals surface area contributed by atoms with Crippen molar-refractivity contribution in [3.8, 4) is 0 Å². The number of carbonyl (C=O) groups is 1. The van der Waals surface area contributed by atoms with Gasteiger partial charge in [-0.2, -0.15) is 0 Å². The fourth-order valence-corrected chi connectivity index (χ4v) is 2.10. The zero-order valence-corrected chi connectivity index (χ0v) is 11.3. The SMILES string of the molecule is O=C(Cc1ccncc1Cl)c1ncc(Cl)cc1Cl. The third-order valence-electron chi connectivity index (χ3n) is 2.28. The second-order valence-corrected chi connectivity index (χ2v) is 4.80. The third-order valence-corrected chi connectivity index (χ3v) is 3.11. The number of rotatable bonds is 3. The Labute approximate surface area is 119 Å². The molecule has 0 atom stereocenters. The summed E-state index contributed by atoms with van der Waals surface area (Å²) in [4.78, 5) is 19.8. The molecule has 6 heteroatoms. The largest absolute Gasteiger partial charge is 0.292 e. The molecule has 18 heavy (non-hydrogen) atoms. The fourth-order valence-electron chi connectivity index (χ4n) is 1.42. The van der Waals surface area contributed by atoms with Gasteiger partial charge in [-0.1, -0.05) is 34.8 Å². The summed E-state index contributed by atoms with van der Waals surface area (Å²) in [6, 6.07) is 3.17. The number of hydrogen-bond acceptors (Lipinski definition) is 3. The molecule has 0 aliphatic carbocycles. The van der Waals surface area contributed by atoms with Crippen molar-refractivity contribution in [3.05, 3.63) is 57.0 Å². The number of aromatic nitrogens is 2. The van der Waals surface area contributed by atoms with Crippen LogP contribution in [0.15, 0.2) is 30.7 Å². The number of nitrogens with zero attached hydrogens (tertiary/aromatic N) is 2. The summed E-state index contributed by atoms with van der Waals surface area (Å²) in [6.07, 6.45) is 4.57. The zero-order valence-electron chi connectivity index (χ0n) is 9.03. The van der Waals surface area contributed by atoms with Crippen LogP contribution in [0.2, 0.25) is 15.1 Å². The van der Waals surface area contributed by atoms with E-state index in [4.69, 9.17) is 34.8 Å². The average molecular weight is 302 g/mol. The Hall–Kier alpha value is -1.16. The minimum atomic E-state index is -0.218. The monoisotopic (exact) mass is 300 g/mol. The van der Waals surface area contributed by atoms with Crippen LogP contribution in [0, 0.1) is 0 Å². The van der Waals surface area contributed by atoms with Crippen LogP contribution >= 0.6 is 34.8 Å². The van der Waals surface area contributed by atoms with E-state index in [0.717, 1.165) is 0 Å². The first-order valence-corrected chi connectivity index (χ1v) is 6.14. The second kappa shape index (κ2) is 5.65. The highest BCUT2D eigenvalue weighted by molar-refractivity contribution is 6.36. The molecule has 0 aliphatic rings. The number of carbonyl (C=O) groups excluding carboxylic acids is 1. The summed E-state index contributed by atoms with van der Waals surface area (Å²) in [5.41, 5.74) is 0.874. The molecular weight excluding hydrogens is 295 g/mol. The molecule has 2 rings (SSSR count). The van der Waals surface area contributed by atoms with Crippen molar-refractivity contribution in [1.82, 2.24) is 9.97 Å². The molecule has 92 valence electrons. The van der Waals surface area contributed by atoms with Gasteiger partial charge in [0.1, 0.15) is 5.69 Å². The van der Waals surface area contributed by atoms with Crippen LogP contribution in [0.5, 0.6) is 0 Å². The van der Waals surface area contributed by atoms with Gasteiger partial charge in [0.2, 0.25) is 0 Å². The second-order valence-electron chi connectivity index (χ2n) is 3.55. The molecule has 2 aromatic heterocycles. The lowest BCUT2D eigenvalue weighted by Crippen LogP contribution is -2.07. The van der Waals surface area contributed by atoms with Crippen molar-refractivity contribution < 1.29 is 4.79 Å². The molecule has 0 aliphatic heterocycles. The lowest BCUT2D eigenvalue weighted by atomic mass is 10.1. The molecule has 0 amide bonds. The molecule has 0 saturated heterocycles. The zero-order chi connectivity index (χ0) is 13.1. The molecule has 0 unspecified atom stereocenters. The van der Waals surface area contributed by atoms with Gasteiger partial charge in [0.15, 0.2) is 5.78 Å². The van der Waals surface area contributed by atoms with Crippen LogP contribution in [0.1, 0.15) is 16.1 Å². The standard InChI is InChI=1S/C12H7Cl3N2O/c13-8-4-9(14)12(17-5-8)11(18)3-7-1-2-16-6-10(7)15/h1-2,4-6H,3H2. The maximum atomic E-state index is 12.0. The molecule has 0 bridgehead atoms. The van der Waals surface area contributed by atoms with Crippen LogP contribution in [0.3, 0.4) is 0 Å². The highest BCUT2D eigenvalue weighted by Crippen LogP contribution is 2.21. The van der Waals surface area contributed by atoms with Crippen molar-refractivity contribution in [2.45, 2.75) is 6.42 Å². The van der Waals surface area contributed by atoms with Gasteiger partial charge in [-0.25, -0.2) is 4.98 Å². The van der Waals surface area contributed by atoms with Crippen LogP contribution in [-0.4, -0.2) is 15.8 Å². The molecule has 0 spiro atoms. The van der Waals surface area contributed by atoms with E-state index in [9.17, 15) is 4.79 Å². The smallest absolute Gasteiger partial charge is 0.187 e. The molecule has 0 radical (unpaired) electrons. The summed E-state index contributed by atoms with van der Waals surface area (Å²) in [6.45, 7) is 0. The van der Waals surface area contributed by atoms with Gasteiger partial charge in [-0.05, 0) is 17.7 Å². The summed E-state index contributed by atoms with van der Waals surface area (Å²) in [7, 11) is 0. The number of Topliss-reactive ketones (excluding diaryl/α,β-unsaturated/α-hetero) is 1. The van der Waals surface area contributed by atoms with Crippen molar-refractivity contribution in [1.29, 1.82) is 0 Å². The molecule has 0 fully saturated rings. The normalized spacial score (nSPS) is 10.4. The number of halogens is 3. The highest BCUT2D eigenvalue weighted by Gasteiger charge is 2.14. The number of ketones is 1. The van der Waals surface area contributed by atoms with Gasteiger partial charge in [0.25, 0.3) is 0 Å². The van der Waals surface area contributed by atoms with Crippen LogP contribution < -0.4 is 0 Å². The lowest BCUT2D eigenvalue weighted by Gasteiger charge is -2.04. The predicted molar refractivity (Wildman–Crippen MR) is 71.5 cm³/mol. The first kappa shape index (κ1) is 13.3. The predicted octanol–water partition coefficient (Wildman–Crippen LogP) is 3.86. The number of pyridine rings is 2. The summed E-state index contributed by atoms with van der Waals surface area (Å²) in [5, 5.41) is 1.06. The molecule has 0 N–H and O–H groups in total. The Morgan fingerprint density at radius 2 is 1.94 bits per heavy atom. The van der Waals surface area contributed by atoms with Gasteiger partial charge >= 0.3 is 0 Å². The third kappa shape index (κ3) is 2.99. The Morgan fingerprint density at radius 3 is 2.61 bits per heavy atom. The molecule has 2 heterocycles. The lowest BCUT2D eigenvalue weighted by molar-refractivity contribution is 0.0988. The van der Waals surface area contributed by atoms with Crippen LogP contribution in [-0.2, 0) is 6.42 Å². The molecule has 0 aromatic carbocycles. The topological polar surface area (TPSA) is 42.9 Å². The fraction of sp³-hybridized carbons (Fsp3) is 0.0833. The van der Waals surface area contributed by atoms with E-state index in [1.807, 2.05) is 0 Å². The van der Waals surface area contributed by atoms with Crippen LogP contribution in [0.25, 0.3) is 0 Å². The van der Waals surface area contributed by atoms with Crippen molar-refractivity contribution in [2.75, 3.05) is 0 Å². The van der Waals surface area contributed by atoms with E-state index >= 15 is 0 Å². The van der Waals surface area contributed by atoms with Crippen LogP contribution in [0.4, 0.5) is 0 Å². The van der Waals surface area contributed by atoms with Gasteiger partial charge in [0, 0.05) is 25.0 Å². The average Bonchev–Trinajstić information content (AvgIpc) is 2.32. The van der Waals surface area contributed by atoms with Gasteiger partial charge in [-0.3, -0.25) is 9.78 Å². The van der Waals surface area contributed by atoms with E-state index in [-0.39, 0.29) is 22.9 Å². The molecule has 3 nitrogen and oxygen atoms in total. The molecule has 2 aromatic rings. The van der Waals surface area contributed by atoms with E-state index in [2.05, 4.69) is 9.97 Å². The van der Waals surface area contributed by atoms with E-state index in [1.54, 1.807) is 12.3 Å². The minimum Gasteiger partial charge on any atom is -0.292 e. The van der Waals surface area contributed by atoms with Gasteiger partial charge < -0.3 is 0 Å². The maximum absolute atomic E-state index is 12.0. The minimum absolute atomic E-state index is 0.121. The first-order valence-electron chi connectivity index (χ1n) is 5.00. The summed E-state index contributed by atoms with van der Waals surface area (Å²) in [5.74, 6) is -0.218. The quantitative estimate of drug-likeness (QED) is 0.808. The first-order chi connectivity index (χ1) is 8.58. The van der Waals surface area contributed by atoms with E-state index in [0.29, 0.717) is 15.6 Å². The van der Waals surface area contributed by atoms with Crippen molar-refractivity contribution in [2.24, 2.45) is 0 Å². The van der Waals surface area contributed by atoms with E-state index in [1.165, 1.54) is 18.5 Å².